The Morgan fingerprint density at radius 1 is 1.04 bits per heavy atom. The third kappa shape index (κ3) is 5.99. The van der Waals surface area contributed by atoms with Gasteiger partial charge in [0.1, 0.15) is 28.8 Å². The highest BCUT2D eigenvalue weighted by molar-refractivity contribution is 6.35. The predicted octanol–water partition coefficient (Wildman–Crippen LogP) is 6.92. The maximum Gasteiger partial charge on any atom is 0.410 e. The number of halogens is 2. The van der Waals surface area contributed by atoms with Crippen molar-refractivity contribution in [2.24, 2.45) is 0 Å². The quantitative estimate of drug-likeness (QED) is 0.213. The number of carbonyl (C=O) groups excluding carboxylic acids is 1. The van der Waals surface area contributed by atoms with Crippen LogP contribution in [0.15, 0.2) is 42.5 Å². The molecule has 2 unspecified atom stereocenters. The Morgan fingerprint density at radius 2 is 1.72 bits per heavy atom. The standard InChI is InChI=1S/C34H38ClFN4O6/c1-18(31(43-5)44-6)45-32-37-29-25(15-26(35)27(28(29)36)24-14-22(41)13-19-9-7-8-10-23(19)24)30(38-32)39-16-20-11-12-21(17-39)40(20)33(42)46-34(2,3)4/h7-10,13-15,18,20-21,31,41H,11-12,16-17H2,1-6H3/t18-,20?,21?/m1/s1. The van der Waals surface area contributed by atoms with E-state index in [-0.39, 0.29) is 46.0 Å². The van der Waals surface area contributed by atoms with E-state index in [2.05, 4.69) is 4.98 Å². The normalized spacial score (nSPS) is 18.9. The molecule has 2 bridgehead atoms. The van der Waals surface area contributed by atoms with Crippen molar-refractivity contribution in [1.29, 1.82) is 0 Å². The molecule has 2 aliphatic heterocycles. The van der Waals surface area contributed by atoms with Crippen molar-refractivity contribution in [2.45, 2.75) is 70.6 Å². The average molecular weight is 653 g/mol. The number of aromatic nitrogens is 2. The van der Waals surface area contributed by atoms with E-state index in [0.29, 0.717) is 29.9 Å². The number of hydrogen-bond donors (Lipinski definition) is 1. The van der Waals surface area contributed by atoms with Crippen LogP contribution in [0.2, 0.25) is 5.02 Å². The monoisotopic (exact) mass is 652 g/mol. The van der Waals surface area contributed by atoms with E-state index < -0.39 is 23.8 Å². The molecular formula is C34H38ClFN4O6. The minimum absolute atomic E-state index is 0.00678. The van der Waals surface area contributed by atoms with Gasteiger partial charge in [-0.3, -0.25) is 4.90 Å². The van der Waals surface area contributed by atoms with Crippen LogP contribution in [0.25, 0.3) is 32.8 Å². The smallest absolute Gasteiger partial charge is 0.410 e. The second-order valence-corrected chi connectivity index (χ2v) is 13.2. The summed E-state index contributed by atoms with van der Waals surface area (Å²) in [4.78, 5) is 26.3. The Kier molecular flexibility index (Phi) is 8.60. The van der Waals surface area contributed by atoms with Gasteiger partial charge in [0.25, 0.3) is 0 Å². The van der Waals surface area contributed by atoms with E-state index in [4.69, 9.17) is 35.5 Å². The van der Waals surface area contributed by atoms with Gasteiger partial charge in [-0.25, -0.2) is 9.18 Å². The predicted molar refractivity (Wildman–Crippen MR) is 174 cm³/mol. The number of piperazine rings is 1. The maximum atomic E-state index is 16.9. The molecule has 244 valence electrons. The summed E-state index contributed by atoms with van der Waals surface area (Å²) in [7, 11) is 2.99. The number of phenols is 1. The fourth-order valence-electron chi connectivity index (χ4n) is 6.59. The number of hydrogen-bond acceptors (Lipinski definition) is 9. The van der Waals surface area contributed by atoms with Gasteiger partial charge in [-0.05, 0) is 75.1 Å². The first-order valence-electron chi connectivity index (χ1n) is 15.3. The number of ether oxygens (including phenoxy) is 4. The molecule has 0 radical (unpaired) electrons. The average Bonchev–Trinajstić information content (AvgIpc) is 3.26. The van der Waals surface area contributed by atoms with E-state index in [9.17, 15) is 9.90 Å². The lowest BCUT2D eigenvalue weighted by Crippen LogP contribution is -2.57. The molecule has 4 aromatic rings. The Hall–Kier alpha value is -3.93. The summed E-state index contributed by atoms with van der Waals surface area (Å²) in [6.07, 6.45) is -0.0912. The van der Waals surface area contributed by atoms with Crippen LogP contribution in [-0.2, 0) is 14.2 Å². The van der Waals surface area contributed by atoms with Crippen molar-refractivity contribution in [3.8, 4) is 22.9 Å². The van der Waals surface area contributed by atoms with Crippen molar-refractivity contribution < 1.29 is 33.2 Å². The molecule has 1 amide bonds. The molecule has 6 rings (SSSR count). The molecule has 12 heteroatoms. The van der Waals surface area contributed by atoms with Crippen molar-refractivity contribution in [1.82, 2.24) is 14.9 Å². The molecule has 3 heterocycles. The van der Waals surface area contributed by atoms with Crippen LogP contribution < -0.4 is 9.64 Å². The Bertz CT molecular complexity index is 1780. The zero-order valence-corrected chi connectivity index (χ0v) is 27.5. The highest BCUT2D eigenvalue weighted by atomic mass is 35.5. The molecule has 0 aliphatic carbocycles. The van der Waals surface area contributed by atoms with Crippen molar-refractivity contribution in [2.75, 3.05) is 32.2 Å². The van der Waals surface area contributed by atoms with Crippen LogP contribution in [0.5, 0.6) is 11.8 Å². The van der Waals surface area contributed by atoms with Crippen molar-refractivity contribution in [3.63, 3.8) is 0 Å². The fourth-order valence-corrected chi connectivity index (χ4v) is 6.89. The lowest BCUT2D eigenvalue weighted by atomic mass is 9.96. The van der Waals surface area contributed by atoms with Crippen LogP contribution in [0.3, 0.4) is 0 Å². The number of rotatable bonds is 7. The van der Waals surface area contributed by atoms with Gasteiger partial charge in [0.15, 0.2) is 12.1 Å². The van der Waals surface area contributed by atoms with Crippen LogP contribution in [0.4, 0.5) is 15.0 Å². The summed E-state index contributed by atoms with van der Waals surface area (Å²) in [6, 6.07) is 11.8. The van der Waals surface area contributed by atoms with Crippen LogP contribution in [0.1, 0.15) is 40.5 Å². The molecule has 10 nitrogen and oxygen atoms in total. The van der Waals surface area contributed by atoms with Crippen molar-refractivity contribution >= 4 is 45.2 Å². The summed E-state index contributed by atoms with van der Waals surface area (Å²) >= 11 is 6.88. The van der Waals surface area contributed by atoms with Crippen LogP contribution in [0, 0.1) is 5.82 Å². The zero-order valence-electron chi connectivity index (χ0n) is 26.7. The number of anilines is 1. The molecule has 0 spiro atoms. The lowest BCUT2D eigenvalue weighted by Gasteiger charge is -2.42. The molecule has 3 aromatic carbocycles. The highest BCUT2D eigenvalue weighted by Crippen LogP contribution is 2.43. The second kappa shape index (κ2) is 12.4. The van der Waals surface area contributed by atoms with E-state index >= 15 is 4.39 Å². The first-order chi connectivity index (χ1) is 21.9. The number of benzene rings is 3. The molecule has 2 aliphatic rings. The summed E-state index contributed by atoms with van der Waals surface area (Å²) in [5.41, 5.74) is -0.0771. The molecule has 3 atom stereocenters. The molecule has 2 fully saturated rings. The zero-order chi connectivity index (χ0) is 32.9. The van der Waals surface area contributed by atoms with Crippen LogP contribution in [-0.4, -0.2) is 83.5 Å². The molecule has 2 saturated heterocycles. The van der Waals surface area contributed by atoms with Gasteiger partial charge < -0.3 is 29.0 Å². The summed E-state index contributed by atoms with van der Waals surface area (Å²) in [5, 5.41) is 12.5. The third-order valence-corrected chi connectivity index (χ3v) is 8.78. The number of carbonyl (C=O) groups is 1. The number of amides is 1. The van der Waals surface area contributed by atoms with E-state index in [1.165, 1.54) is 20.3 Å². The highest BCUT2D eigenvalue weighted by Gasteiger charge is 2.45. The van der Waals surface area contributed by atoms with Gasteiger partial charge in [-0.15, -0.1) is 0 Å². The van der Waals surface area contributed by atoms with Gasteiger partial charge >= 0.3 is 12.1 Å². The summed E-state index contributed by atoms with van der Waals surface area (Å²) < 4.78 is 39.4. The Labute approximate surface area is 272 Å². The fraction of sp³-hybridized carbons (Fsp3) is 0.441. The van der Waals surface area contributed by atoms with Gasteiger partial charge in [0, 0.05) is 38.3 Å². The Balaban J connectivity index is 1.48. The maximum absolute atomic E-state index is 16.9. The second-order valence-electron chi connectivity index (χ2n) is 12.8. The molecule has 46 heavy (non-hydrogen) atoms. The number of nitrogens with zero attached hydrogens (tertiary/aromatic N) is 4. The molecule has 1 N–H and O–H groups in total. The summed E-state index contributed by atoms with van der Waals surface area (Å²) in [6.45, 7) is 8.20. The minimum Gasteiger partial charge on any atom is -0.508 e. The van der Waals surface area contributed by atoms with Gasteiger partial charge in [-0.1, -0.05) is 35.9 Å². The largest absolute Gasteiger partial charge is 0.508 e. The van der Waals surface area contributed by atoms with Crippen LogP contribution >= 0.6 is 11.6 Å². The molecular weight excluding hydrogens is 615 g/mol. The third-order valence-electron chi connectivity index (χ3n) is 8.48. The lowest BCUT2D eigenvalue weighted by molar-refractivity contribution is -0.152. The number of aromatic hydroxyl groups is 1. The molecule has 1 aromatic heterocycles. The molecule has 0 saturated carbocycles. The number of phenolic OH excluding ortho intramolecular Hbond substituents is 1. The van der Waals surface area contributed by atoms with E-state index in [1.807, 2.05) is 54.8 Å². The van der Waals surface area contributed by atoms with Gasteiger partial charge in [0.05, 0.1) is 17.1 Å². The van der Waals surface area contributed by atoms with E-state index in [1.54, 1.807) is 19.1 Å². The number of fused-ring (bicyclic) bond motifs is 4. The first-order valence-corrected chi connectivity index (χ1v) is 15.7. The Morgan fingerprint density at radius 3 is 2.37 bits per heavy atom. The first kappa shape index (κ1) is 32.0. The summed E-state index contributed by atoms with van der Waals surface area (Å²) in [5.74, 6) is -0.258. The van der Waals surface area contributed by atoms with Crippen molar-refractivity contribution in [3.05, 3.63) is 53.3 Å². The topological polar surface area (TPSA) is 106 Å². The van der Waals surface area contributed by atoms with Gasteiger partial charge in [-0.2, -0.15) is 9.97 Å². The van der Waals surface area contributed by atoms with Gasteiger partial charge in [0.2, 0.25) is 0 Å². The minimum atomic E-state index is -0.722. The van der Waals surface area contributed by atoms with E-state index in [0.717, 1.165) is 23.6 Å². The SMILES string of the molecule is COC(OC)[C@@H](C)Oc1nc(N2CC3CCC(C2)N3C(=O)OC(C)(C)C)c2cc(Cl)c(-c3cc(O)cc4ccccc34)c(F)c2n1. The number of methoxy groups -OCH3 is 2.